The van der Waals surface area contributed by atoms with Crippen LogP contribution < -0.4 is 0 Å². The lowest BCUT2D eigenvalue weighted by Crippen LogP contribution is -2.40. The molecule has 0 saturated heterocycles. The molecular weight excluding hydrogens is 435 g/mol. The van der Waals surface area contributed by atoms with Gasteiger partial charge in [0, 0.05) is 35.1 Å². The quantitative estimate of drug-likeness (QED) is 0.583. The van der Waals surface area contributed by atoms with Gasteiger partial charge in [0.25, 0.3) is 0 Å². The molecule has 0 saturated carbocycles. The summed E-state index contributed by atoms with van der Waals surface area (Å²) in [6.07, 6.45) is 4.48. The second-order valence-corrected chi connectivity index (χ2v) is 10.4. The predicted molar refractivity (Wildman–Crippen MR) is 102 cm³/mol. The Morgan fingerprint density at radius 2 is 1.66 bits per heavy atom. The molecular formula is C18H17F5N2O2S2. The summed E-state index contributed by atoms with van der Waals surface area (Å²) in [6.45, 7) is 0.192. The summed E-state index contributed by atoms with van der Waals surface area (Å²) in [5.74, 6) is -0.199. The van der Waals surface area contributed by atoms with Gasteiger partial charge in [0.05, 0.1) is 18.2 Å². The van der Waals surface area contributed by atoms with Gasteiger partial charge >= 0.3 is 10.2 Å². The van der Waals surface area contributed by atoms with Gasteiger partial charge in [-0.3, -0.25) is 14.0 Å². The number of aromatic nitrogens is 1. The van der Waals surface area contributed by atoms with Crippen LogP contribution in [0.15, 0.2) is 65.2 Å². The number of carbonyl (C=O) groups excluding carboxylic acids is 1. The van der Waals surface area contributed by atoms with Crippen molar-refractivity contribution in [2.24, 2.45) is 0 Å². The second kappa shape index (κ2) is 6.91. The maximum absolute atomic E-state index is 12.8. The topological polar surface area (TPSA) is 50.3 Å². The fourth-order valence-electron chi connectivity index (χ4n) is 2.87. The van der Waals surface area contributed by atoms with Crippen molar-refractivity contribution in [2.45, 2.75) is 23.9 Å². The lowest BCUT2D eigenvalue weighted by atomic mass is 10.1. The average Bonchev–Trinajstić information content (AvgIpc) is 3.05. The number of nitrogens with zero attached hydrogens (tertiary/aromatic N) is 2. The van der Waals surface area contributed by atoms with Crippen molar-refractivity contribution in [1.29, 1.82) is 0 Å². The summed E-state index contributed by atoms with van der Waals surface area (Å²) in [5, 5.41) is 1.49. The molecule has 1 aromatic heterocycles. The van der Waals surface area contributed by atoms with Crippen LogP contribution >= 0.6 is 10.2 Å². The first-order chi connectivity index (χ1) is 13.3. The molecule has 0 N–H and O–H groups in total. The largest absolute Gasteiger partial charge is 0.331 e. The highest BCUT2D eigenvalue weighted by atomic mass is 32.5. The Labute approximate surface area is 166 Å². The van der Waals surface area contributed by atoms with E-state index in [1.807, 2.05) is 0 Å². The first-order valence-corrected chi connectivity index (χ1v) is 11.7. The van der Waals surface area contributed by atoms with Crippen LogP contribution in [0, 0.1) is 0 Å². The van der Waals surface area contributed by atoms with Crippen LogP contribution in [0.2, 0.25) is 0 Å². The van der Waals surface area contributed by atoms with Gasteiger partial charge in [0.2, 0.25) is 5.91 Å². The minimum absolute atomic E-state index is 0.170. The van der Waals surface area contributed by atoms with Gasteiger partial charge in [0.15, 0.2) is 0 Å². The van der Waals surface area contributed by atoms with Crippen LogP contribution in [-0.4, -0.2) is 31.8 Å². The normalized spacial score (nSPS) is 21.4. The van der Waals surface area contributed by atoms with Gasteiger partial charge in [-0.25, -0.2) is 0 Å². The number of halogens is 5. The van der Waals surface area contributed by atoms with Crippen LogP contribution in [0.5, 0.6) is 0 Å². The third-order valence-corrected chi connectivity index (χ3v) is 6.63. The predicted octanol–water partition coefficient (Wildman–Crippen LogP) is 4.95. The maximum atomic E-state index is 12.8. The number of benzene rings is 1. The SMILES string of the molecule is O=C(Cc1ccc(S(F)(F)(F)(F)F)cc1)N(Cc1ccncc1)C1C=CS(=O)C1. The van der Waals surface area contributed by atoms with Crippen molar-refractivity contribution in [1.82, 2.24) is 9.88 Å². The molecule has 1 aromatic carbocycles. The fraction of sp³-hybridized carbons (Fsp3) is 0.222. The maximum Gasteiger partial charge on any atom is 0.310 e. The minimum Gasteiger partial charge on any atom is -0.331 e. The molecule has 158 valence electrons. The van der Waals surface area contributed by atoms with E-state index >= 15 is 0 Å². The number of hydrogen-bond acceptors (Lipinski definition) is 3. The Balaban J connectivity index is 1.80. The first kappa shape index (κ1) is 21.4. The molecule has 2 aromatic rings. The van der Waals surface area contributed by atoms with Gasteiger partial charge in [-0.2, -0.15) is 0 Å². The summed E-state index contributed by atoms with van der Waals surface area (Å²) in [4.78, 5) is 16.2. The van der Waals surface area contributed by atoms with Crippen molar-refractivity contribution in [3.63, 3.8) is 0 Å². The van der Waals surface area contributed by atoms with E-state index in [9.17, 15) is 28.4 Å². The fourth-order valence-corrected chi connectivity index (χ4v) is 4.61. The monoisotopic (exact) mass is 452 g/mol. The molecule has 2 heterocycles. The molecule has 0 radical (unpaired) electrons. The Morgan fingerprint density at radius 1 is 1.03 bits per heavy atom. The Bertz CT molecular complexity index is 964. The number of pyridine rings is 1. The summed E-state index contributed by atoms with van der Waals surface area (Å²) < 4.78 is 75.9. The summed E-state index contributed by atoms with van der Waals surface area (Å²) in [6, 6.07) is 5.32. The minimum atomic E-state index is -9.75. The van der Waals surface area contributed by atoms with Crippen LogP contribution in [0.3, 0.4) is 0 Å². The van der Waals surface area contributed by atoms with E-state index in [4.69, 9.17) is 0 Å². The zero-order valence-corrected chi connectivity index (χ0v) is 16.5. The molecule has 0 fully saturated rings. The van der Waals surface area contributed by atoms with E-state index in [-0.39, 0.29) is 24.3 Å². The van der Waals surface area contributed by atoms with Crippen molar-refractivity contribution < 1.29 is 28.4 Å². The van der Waals surface area contributed by atoms with Gasteiger partial charge in [-0.15, -0.1) is 0 Å². The molecule has 3 rings (SSSR count). The molecule has 11 heteroatoms. The van der Waals surface area contributed by atoms with Gasteiger partial charge in [0.1, 0.15) is 4.90 Å². The van der Waals surface area contributed by atoms with Gasteiger partial charge in [-0.05, 0) is 35.4 Å². The van der Waals surface area contributed by atoms with Gasteiger partial charge < -0.3 is 4.90 Å². The summed E-state index contributed by atoms with van der Waals surface area (Å²) in [5.41, 5.74) is 0.944. The lowest BCUT2D eigenvalue weighted by Gasteiger charge is -2.40. The van der Waals surface area contributed by atoms with Crippen LogP contribution in [0.1, 0.15) is 11.1 Å². The number of amides is 1. The Hall–Kier alpha value is -2.27. The number of carbonyl (C=O) groups is 1. The van der Waals surface area contributed by atoms with E-state index in [1.165, 1.54) is 10.3 Å². The highest BCUT2D eigenvalue weighted by molar-refractivity contribution is 8.45. The molecule has 1 aliphatic rings. The van der Waals surface area contributed by atoms with E-state index in [0.29, 0.717) is 12.1 Å². The highest BCUT2D eigenvalue weighted by Gasteiger charge is 2.65. The van der Waals surface area contributed by atoms with Crippen molar-refractivity contribution in [3.05, 3.63) is 71.4 Å². The Kier molecular flexibility index (Phi) is 5.11. The average molecular weight is 452 g/mol. The number of rotatable bonds is 6. The van der Waals surface area contributed by atoms with Crippen molar-refractivity contribution in [2.75, 3.05) is 5.75 Å². The first-order valence-electron chi connectivity index (χ1n) is 8.39. The van der Waals surface area contributed by atoms with Gasteiger partial charge in [-0.1, -0.05) is 37.6 Å². The molecule has 2 atom stereocenters. The molecule has 0 aliphatic carbocycles. The van der Waals surface area contributed by atoms with Crippen LogP contribution in [0.25, 0.3) is 0 Å². The molecule has 0 spiro atoms. The van der Waals surface area contributed by atoms with Crippen LogP contribution in [-0.2, 0) is 28.6 Å². The van der Waals surface area contributed by atoms with E-state index in [2.05, 4.69) is 4.98 Å². The summed E-state index contributed by atoms with van der Waals surface area (Å²) >= 11 is 0. The number of hydrogen-bond donors (Lipinski definition) is 0. The zero-order chi connectivity index (χ0) is 21.3. The van der Waals surface area contributed by atoms with Crippen molar-refractivity contribution >= 4 is 26.9 Å². The van der Waals surface area contributed by atoms with E-state index in [0.717, 1.165) is 17.7 Å². The third-order valence-electron chi connectivity index (χ3n) is 4.33. The molecule has 1 aliphatic heterocycles. The van der Waals surface area contributed by atoms with E-state index in [1.54, 1.807) is 30.6 Å². The second-order valence-electron chi connectivity index (χ2n) is 6.61. The third kappa shape index (κ3) is 5.63. The molecule has 2 unspecified atom stereocenters. The van der Waals surface area contributed by atoms with Crippen LogP contribution in [0.4, 0.5) is 19.4 Å². The Morgan fingerprint density at radius 3 is 2.17 bits per heavy atom. The molecule has 4 nitrogen and oxygen atoms in total. The van der Waals surface area contributed by atoms with E-state index < -0.39 is 37.9 Å². The standard InChI is InChI=1S/C18H17F5N2O2S2/c19-29(20,21,22,23)17-3-1-14(2-4-17)11-18(26)25(16-7-10-28(27)13-16)12-15-5-8-24-9-6-15/h1-10,16H,11-13H2. The molecule has 0 bridgehead atoms. The molecule has 1 amide bonds. The lowest BCUT2D eigenvalue weighted by molar-refractivity contribution is -0.132. The highest BCUT2D eigenvalue weighted by Crippen LogP contribution is 3.02. The zero-order valence-electron chi connectivity index (χ0n) is 14.9. The van der Waals surface area contributed by atoms with Crippen molar-refractivity contribution in [3.8, 4) is 0 Å². The smallest absolute Gasteiger partial charge is 0.310 e. The summed E-state index contributed by atoms with van der Waals surface area (Å²) in [7, 11) is -11.0. The molecule has 29 heavy (non-hydrogen) atoms.